The Bertz CT molecular complexity index is 813. The number of methoxy groups -OCH3 is 1. The lowest BCUT2D eigenvalue weighted by molar-refractivity contribution is 0.101. The molecular formula is C16H17NO4S. The molecule has 0 heterocycles. The van der Waals surface area contributed by atoms with Crippen LogP contribution in [0.1, 0.15) is 22.8 Å². The summed E-state index contributed by atoms with van der Waals surface area (Å²) in [5.41, 5.74) is 1.60. The highest BCUT2D eigenvalue weighted by atomic mass is 32.2. The first kappa shape index (κ1) is 16.0. The minimum absolute atomic E-state index is 0.0313. The molecule has 2 aromatic carbocycles. The average Bonchev–Trinajstić information content (AvgIpc) is 2.47. The summed E-state index contributed by atoms with van der Waals surface area (Å²) in [6, 6.07) is 11.1. The van der Waals surface area contributed by atoms with E-state index < -0.39 is 10.0 Å². The van der Waals surface area contributed by atoms with Crippen LogP contribution in [0.2, 0.25) is 0 Å². The molecule has 0 atom stereocenters. The van der Waals surface area contributed by atoms with Crippen LogP contribution in [0.25, 0.3) is 0 Å². The second kappa shape index (κ2) is 6.19. The fraction of sp³-hybridized carbons (Fsp3) is 0.188. The molecule has 5 nitrogen and oxygen atoms in total. The molecule has 0 aliphatic rings. The first-order chi connectivity index (χ1) is 10.3. The first-order valence-electron chi connectivity index (χ1n) is 6.62. The van der Waals surface area contributed by atoms with Crippen molar-refractivity contribution in [2.75, 3.05) is 11.8 Å². The fourth-order valence-electron chi connectivity index (χ4n) is 1.99. The van der Waals surface area contributed by atoms with Gasteiger partial charge < -0.3 is 4.74 Å². The maximum atomic E-state index is 12.5. The number of rotatable bonds is 5. The quantitative estimate of drug-likeness (QED) is 0.860. The van der Waals surface area contributed by atoms with Crippen molar-refractivity contribution in [2.45, 2.75) is 18.7 Å². The van der Waals surface area contributed by atoms with Gasteiger partial charge in [-0.25, -0.2) is 8.42 Å². The zero-order chi connectivity index (χ0) is 16.3. The molecule has 0 aliphatic carbocycles. The number of benzene rings is 2. The highest BCUT2D eigenvalue weighted by Crippen LogP contribution is 2.28. The van der Waals surface area contributed by atoms with Crippen LogP contribution in [0, 0.1) is 6.92 Å². The largest absolute Gasteiger partial charge is 0.495 e. The number of nitrogens with one attached hydrogen (secondary N) is 1. The molecule has 0 saturated carbocycles. The Morgan fingerprint density at radius 1 is 1.14 bits per heavy atom. The Hall–Kier alpha value is -2.34. The van der Waals surface area contributed by atoms with E-state index in [9.17, 15) is 13.2 Å². The monoisotopic (exact) mass is 319 g/mol. The molecule has 0 unspecified atom stereocenters. The molecule has 0 fully saturated rings. The second-order valence-electron chi connectivity index (χ2n) is 4.89. The summed E-state index contributed by atoms with van der Waals surface area (Å²) in [6.45, 7) is 3.25. The van der Waals surface area contributed by atoms with Crippen molar-refractivity contribution in [3.8, 4) is 5.75 Å². The van der Waals surface area contributed by atoms with E-state index in [1.54, 1.807) is 24.3 Å². The number of Topliss-reactive ketones (excluding diaryl/α,β-unsaturated/α-hetero) is 1. The maximum absolute atomic E-state index is 12.5. The lowest BCUT2D eigenvalue weighted by Gasteiger charge is -2.13. The Labute approximate surface area is 130 Å². The van der Waals surface area contributed by atoms with Gasteiger partial charge in [-0.1, -0.05) is 18.2 Å². The van der Waals surface area contributed by atoms with E-state index in [0.29, 0.717) is 17.0 Å². The summed E-state index contributed by atoms with van der Waals surface area (Å²) >= 11 is 0. The van der Waals surface area contributed by atoms with Crippen LogP contribution in [-0.2, 0) is 10.0 Å². The average molecular weight is 319 g/mol. The van der Waals surface area contributed by atoms with E-state index in [0.717, 1.165) is 5.56 Å². The van der Waals surface area contributed by atoms with Crippen LogP contribution < -0.4 is 9.46 Å². The van der Waals surface area contributed by atoms with Gasteiger partial charge in [0.1, 0.15) is 5.75 Å². The Balaban J connectivity index is 2.42. The van der Waals surface area contributed by atoms with Gasteiger partial charge in [-0.05, 0) is 43.7 Å². The highest BCUT2D eigenvalue weighted by molar-refractivity contribution is 7.92. The van der Waals surface area contributed by atoms with Crippen molar-refractivity contribution < 1.29 is 17.9 Å². The van der Waals surface area contributed by atoms with Crippen molar-refractivity contribution in [3.63, 3.8) is 0 Å². The van der Waals surface area contributed by atoms with Gasteiger partial charge in [-0.2, -0.15) is 0 Å². The number of ketones is 1. The topological polar surface area (TPSA) is 72.5 Å². The predicted octanol–water partition coefficient (Wildman–Crippen LogP) is 3.01. The van der Waals surface area contributed by atoms with Gasteiger partial charge in [0, 0.05) is 5.56 Å². The van der Waals surface area contributed by atoms with E-state index in [2.05, 4.69) is 4.72 Å². The predicted molar refractivity (Wildman–Crippen MR) is 85.0 cm³/mol. The summed E-state index contributed by atoms with van der Waals surface area (Å²) in [6.07, 6.45) is 0. The van der Waals surface area contributed by atoms with Crippen molar-refractivity contribution in [1.29, 1.82) is 0 Å². The summed E-state index contributed by atoms with van der Waals surface area (Å²) in [4.78, 5) is 11.4. The van der Waals surface area contributed by atoms with Crippen molar-refractivity contribution in [3.05, 3.63) is 53.6 Å². The maximum Gasteiger partial charge on any atom is 0.262 e. The lowest BCUT2D eigenvalue weighted by atomic mass is 10.2. The van der Waals surface area contributed by atoms with Crippen molar-refractivity contribution in [2.24, 2.45) is 0 Å². The number of sulfonamides is 1. The highest BCUT2D eigenvalue weighted by Gasteiger charge is 2.17. The van der Waals surface area contributed by atoms with E-state index in [1.807, 2.05) is 13.0 Å². The minimum Gasteiger partial charge on any atom is -0.495 e. The third-order valence-corrected chi connectivity index (χ3v) is 4.51. The van der Waals surface area contributed by atoms with E-state index in [1.165, 1.54) is 26.2 Å². The third-order valence-electron chi connectivity index (χ3n) is 3.15. The molecule has 1 N–H and O–H groups in total. The minimum atomic E-state index is -3.80. The molecule has 0 bridgehead atoms. The first-order valence-corrected chi connectivity index (χ1v) is 8.10. The van der Waals surface area contributed by atoms with Crippen LogP contribution in [0.15, 0.2) is 47.4 Å². The number of hydrogen-bond acceptors (Lipinski definition) is 4. The fourth-order valence-corrected chi connectivity index (χ4v) is 3.09. The van der Waals surface area contributed by atoms with Crippen LogP contribution in [0.5, 0.6) is 5.75 Å². The molecule has 0 radical (unpaired) electrons. The molecular weight excluding hydrogens is 302 g/mol. The SMILES string of the molecule is COc1ccc(C)cc1NS(=O)(=O)c1cccc(C(C)=O)c1. The molecule has 0 aliphatic heterocycles. The zero-order valence-electron chi connectivity index (χ0n) is 12.6. The van der Waals surface area contributed by atoms with Crippen molar-refractivity contribution in [1.82, 2.24) is 0 Å². The van der Waals surface area contributed by atoms with Gasteiger partial charge in [0.15, 0.2) is 5.78 Å². The Morgan fingerprint density at radius 3 is 2.50 bits per heavy atom. The molecule has 0 aromatic heterocycles. The number of aryl methyl sites for hydroxylation is 1. The molecule has 6 heteroatoms. The number of carbonyl (C=O) groups is 1. The summed E-state index contributed by atoms with van der Waals surface area (Å²) in [5.74, 6) is 0.238. The normalized spacial score (nSPS) is 11.0. The standard InChI is InChI=1S/C16H17NO4S/c1-11-7-8-16(21-3)15(9-11)17-22(19,20)14-6-4-5-13(10-14)12(2)18/h4-10,17H,1-3H3. The zero-order valence-corrected chi connectivity index (χ0v) is 13.4. The van der Waals surface area contributed by atoms with Gasteiger partial charge in [0.25, 0.3) is 10.0 Å². The van der Waals surface area contributed by atoms with Crippen LogP contribution >= 0.6 is 0 Å². The molecule has 0 spiro atoms. The molecule has 2 aromatic rings. The number of anilines is 1. The molecule has 2 rings (SSSR count). The smallest absolute Gasteiger partial charge is 0.262 e. The number of carbonyl (C=O) groups excluding carboxylic acids is 1. The summed E-state index contributed by atoms with van der Waals surface area (Å²) in [5, 5.41) is 0. The van der Waals surface area contributed by atoms with E-state index in [-0.39, 0.29) is 10.7 Å². The van der Waals surface area contributed by atoms with E-state index >= 15 is 0 Å². The molecule has 22 heavy (non-hydrogen) atoms. The number of ether oxygens (including phenoxy) is 1. The van der Waals surface area contributed by atoms with Gasteiger partial charge in [0.2, 0.25) is 0 Å². The van der Waals surface area contributed by atoms with Gasteiger partial charge in [-0.3, -0.25) is 9.52 Å². The summed E-state index contributed by atoms with van der Waals surface area (Å²) < 4.78 is 32.6. The van der Waals surface area contributed by atoms with Crippen LogP contribution in [0.3, 0.4) is 0 Å². The Morgan fingerprint density at radius 2 is 1.86 bits per heavy atom. The van der Waals surface area contributed by atoms with E-state index in [4.69, 9.17) is 4.74 Å². The Kier molecular flexibility index (Phi) is 4.51. The molecule has 116 valence electrons. The lowest BCUT2D eigenvalue weighted by Crippen LogP contribution is -2.14. The molecule has 0 amide bonds. The van der Waals surface area contributed by atoms with Gasteiger partial charge in [-0.15, -0.1) is 0 Å². The second-order valence-corrected chi connectivity index (χ2v) is 6.58. The van der Waals surface area contributed by atoms with Gasteiger partial charge in [0.05, 0.1) is 17.7 Å². The summed E-state index contributed by atoms with van der Waals surface area (Å²) in [7, 11) is -2.33. The number of hydrogen-bond donors (Lipinski definition) is 1. The van der Waals surface area contributed by atoms with Crippen molar-refractivity contribution >= 4 is 21.5 Å². The van der Waals surface area contributed by atoms with Gasteiger partial charge >= 0.3 is 0 Å². The third kappa shape index (κ3) is 3.46. The molecule has 0 saturated heterocycles. The van der Waals surface area contributed by atoms with Crippen LogP contribution in [0.4, 0.5) is 5.69 Å². The van der Waals surface area contributed by atoms with Crippen LogP contribution in [-0.4, -0.2) is 21.3 Å².